The fourth-order valence-corrected chi connectivity index (χ4v) is 3.15. The molecule has 0 aromatic heterocycles. The summed E-state index contributed by atoms with van der Waals surface area (Å²) in [6, 6.07) is 12.4. The van der Waals surface area contributed by atoms with E-state index in [9.17, 15) is 5.11 Å². The third kappa shape index (κ3) is 2.01. The molecule has 1 N–H and O–H groups in total. The molecule has 0 saturated heterocycles. The number of methoxy groups -OCH3 is 1. The molecule has 0 radical (unpaired) electrons. The number of ether oxygens (including phenoxy) is 1. The zero-order chi connectivity index (χ0) is 14.3. The van der Waals surface area contributed by atoms with Crippen molar-refractivity contribution in [3.8, 4) is 5.75 Å². The van der Waals surface area contributed by atoms with Crippen molar-refractivity contribution in [3.05, 3.63) is 64.2 Å². The molecule has 104 valence electrons. The van der Waals surface area contributed by atoms with Gasteiger partial charge in [-0.25, -0.2) is 0 Å². The lowest BCUT2D eigenvalue weighted by Gasteiger charge is -2.34. The van der Waals surface area contributed by atoms with Crippen molar-refractivity contribution in [2.24, 2.45) is 0 Å². The number of rotatable bonds is 3. The van der Waals surface area contributed by atoms with Crippen LogP contribution in [0.25, 0.3) is 0 Å². The van der Waals surface area contributed by atoms with Crippen molar-refractivity contribution in [1.29, 1.82) is 0 Å². The minimum Gasteiger partial charge on any atom is -0.496 e. The first-order valence-corrected chi connectivity index (χ1v) is 7.03. The maximum absolute atomic E-state index is 10.7. The summed E-state index contributed by atoms with van der Waals surface area (Å²) in [5.74, 6) is 1.10. The van der Waals surface area contributed by atoms with Crippen LogP contribution in [0.1, 0.15) is 39.8 Å². The van der Waals surface area contributed by atoms with E-state index in [0.717, 1.165) is 28.9 Å². The summed E-state index contributed by atoms with van der Waals surface area (Å²) in [5, 5.41) is 10.7. The van der Waals surface area contributed by atoms with Gasteiger partial charge in [0.15, 0.2) is 0 Å². The number of aliphatic hydroxyl groups excluding tert-OH is 1. The summed E-state index contributed by atoms with van der Waals surface area (Å²) < 4.78 is 5.34. The van der Waals surface area contributed by atoms with E-state index >= 15 is 0 Å². The van der Waals surface area contributed by atoms with E-state index in [1.54, 1.807) is 7.11 Å². The van der Waals surface area contributed by atoms with Crippen LogP contribution in [0, 0.1) is 13.8 Å². The van der Waals surface area contributed by atoms with Crippen LogP contribution in [0.4, 0.5) is 0 Å². The highest BCUT2D eigenvalue weighted by atomic mass is 16.5. The second-order valence-corrected chi connectivity index (χ2v) is 5.63. The fourth-order valence-electron chi connectivity index (χ4n) is 3.15. The maximum Gasteiger partial charge on any atom is 0.122 e. The quantitative estimate of drug-likeness (QED) is 0.920. The number of aliphatic hydroxyl groups is 1. The molecular weight excluding hydrogens is 248 g/mol. The monoisotopic (exact) mass is 268 g/mol. The summed E-state index contributed by atoms with van der Waals surface area (Å²) >= 11 is 0. The van der Waals surface area contributed by atoms with E-state index in [1.807, 2.05) is 26.0 Å². The fraction of sp³-hybridized carbons (Fsp3) is 0.333. The Morgan fingerprint density at radius 2 is 1.90 bits per heavy atom. The zero-order valence-corrected chi connectivity index (χ0v) is 12.2. The van der Waals surface area contributed by atoms with Gasteiger partial charge in [-0.3, -0.25) is 0 Å². The van der Waals surface area contributed by atoms with Gasteiger partial charge in [-0.05, 0) is 60.2 Å². The molecule has 2 aromatic rings. The molecule has 0 heterocycles. The molecular formula is C18H20O2. The van der Waals surface area contributed by atoms with Crippen LogP contribution in [0.15, 0.2) is 36.4 Å². The summed E-state index contributed by atoms with van der Waals surface area (Å²) in [6.07, 6.45) is 0.525. The highest BCUT2D eigenvalue weighted by molar-refractivity contribution is 5.47. The summed E-state index contributed by atoms with van der Waals surface area (Å²) in [4.78, 5) is 0. The lowest BCUT2D eigenvalue weighted by atomic mass is 9.72. The Morgan fingerprint density at radius 3 is 2.60 bits per heavy atom. The number of aryl methyl sites for hydroxylation is 2. The summed E-state index contributed by atoms with van der Waals surface area (Å²) in [5.41, 5.74) is 5.82. The van der Waals surface area contributed by atoms with Gasteiger partial charge in [0, 0.05) is 5.92 Å². The van der Waals surface area contributed by atoms with Crippen LogP contribution < -0.4 is 4.74 Å². The van der Waals surface area contributed by atoms with Gasteiger partial charge >= 0.3 is 0 Å². The Balaban J connectivity index is 1.93. The molecule has 2 atom stereocenters. The van der Waals surface area contributed by atoms with Crippen molar-refractivity contribution in [2.45, 2.75) is 32.3 Å². The molecule has 0 saturated carbocycles. The van der Waals surface area contributed by atoms with Crippen LogP contribution in [-0.4, -0.2) is 12.2 Å². The average Bonchev–Trinajstić information content (AvgIpc) is 2.42. The topological polar surface area (TPSA) is 29.5 Å². The molecule has 2 heteroatoms. The molecule has 1 aliphatic rings. The van der Waals surface area contributed by atoms with E-state index in [4.69, 9.17) is 4.74 Å². The predicted molar refractivity (Wildman–Crippen MR) is 80.3 cm³/mol. The second kappa shape index (κ2) is 4.95. The molecule has 2 unspecified atom stereocenters. The van der Waals surface area contributed by atoms with Gasteiger partial charge in [0.05, 0.1) is 13.2 Å². The molecule has 3 rings (SSSR count). The lowest BCUT2D eigenvalue weighted by Crippen LogP contribution is -2.24. The van der Waals surface area contributed by atoms with Gasteiger partial charge in [-0.1, -0.05) is 24.3 Å². The SMILES string of the molecule is COc1cc(C)c(C(O)C2Cc3ccccc32)cc1C. The number of hydrogen-bond donors (Lipinski definition) is 1. The van der Waals surface area contributed by atoms with Crippen LogP contribution in [0.3, 0.4) is 0 Å². The third-order valence-corrected chi connectivity index (χ3v) is 4.38. The first-order chi connectivity index (χ1) is 9.61. The predicted octanol–water partition coefficient (Wildman–Crippen LogP) is 3.69. The van der Waals surface area contributed by atoms with Crippen LogP contribution in [0.5, 0.6) is 5.75 Å². The average molecular weight is 268 g/mol. The molecule has 0 aliphatic heterocycles. The van der Waals surface area contributed by atoms with Crippen LogP contribution in [-0.2, 0) is 6.42 Å². The van der Waals surface area contributed by atoms with E-state index in [1.165, 1.54) is 11.1 Å². The molecule has 0 amide bonds. The third-order valence-electron chi connectivity index (χ3n) is 4.38. The number of benzene rings is 2. The smallest absolute Gasteiger partial charge is 0.122 e. The zero-order valence-electron chi connectivity index (χ0n) is 12.2. The van der Waals surface area contributed by atoms with E-state index in [0.29, 0.717) is 0 Å². The van der Waals surface area contributed by atoms with E-state index < -0.39 is 6.10 Å². The van der Waals surface area contributed by atoms with Crippen molar-refractivity contribution in [3.63, 3.8) is 0 Å². The Hall–Kier alpha value is -1.80. The molecule has 2 nitrogen and oxygen atoms in total. The van der Waals surface area contributed by atoms with Crippen LogP contribution in [0.2, 0.25) is 0 Å². The van der Waals surface area contributed by atoms with Gasteiger partial charge in [0.2, 0.25) is 0 Å². The lowest BCUT2D eigenvalue weighted by molar-refractivity contribution is 0.134. The highest BCUT2D eigenvalue weighted by Gasteiger charge is 2.33. The normalized spacial score (nSPS) is 18.1. The first-order valence-electron chi connectivity index (χ1n) is 7.03. The van der Waals surface area contributed by atoms with E-state index in [-0.39, 0.29) is 5.92 Å². The molecule has 0 spiro atoms. The Labute approximate surface area is 120 Å². The Kier molecular flexibility index (Phi) is 3.27. The van der Waals surface area contributed by atoms with Crippen molar-refractivity contribution >= 4 is 0 Å². The largest absolute Gasteiger partial charge is 0.496 e. The summed E-state index contributed by atoms with van der Waals surface area (Å²) in [6.45, 7) is 4.05. The standard InChI is InChI=1S/C18H20O2/c1-11-9-17(20-3)12(2)8-15(11)18(19)16-10-13-6-4-5-7-14(13)16/h4-9,16,18-19H,10H2,1-3H3. The van der Waals surface area contributed by atoms with Gasteiger partial charge in [0.1, 0.15) is 5.75 Å². The van der Waals surface area contributed by atoms with Gasteiger partial charge < -0.3 is 9.84 Å². The van der Waals surface area contributed by atoms with Gasteiger partial charge in [0.25, 0.3) is 0 Å². The van der Waals surface area contributed by atoms with Crippen molar-refractivity contribution in [2.75, 3.05) is 7.11 Å². The van der Waals surface area contributed by atoms with Crippen LogP contribution >= 0.6 is 0 Å². The Morgan fingerprint density at radius 1 is 1.15 bits per heavy atom. The van der Waals surface area contributed by atoms with Gasteiger partial charge in [-0.15, -0.1) is 0 Å². The maximum atomic E-state index is 10.7. The van der Waals surface area contributed by atoms with E-state index in [2.05, 4.69) is 24.3 Å². The minimum absolute atomic E-state index is 0.220. The molecule has 0 bridgehead atoms. The highest BCUT2D eigenvalue weighted by Crippen LogP contribution is 2.44. The summed E-state index contributed by atoms with van der Waals surface area (Å²) in [7, 11) is 1.68. The molecule has 1 aliphatic carbocycles. The second-order valence-electron chi connectivity index (χ2n) is 5.63. The Bertz CT molecular complexity index is 646. The van der Waals surface area contributed by atoms with Gasteiger partial charge in [-0.2, -0.15) is 0 Å². The number of fused-ring (bicyclic) bond motifs is 1. The molecule has 0 fully saturated rings. The number of hydrogen-bond acceptors (Lipinski definition) is 2. The van der Waals surface area contributed by atoms with Crippen molar-refractivity contribution < 1.29 is 9.84 Å². The minimum atomic E-state index is -0.436. The van der Waals surface area contributed by atoms with Crippen molar-refractivity contribution in [1.82, 2.24) is 0 Å². The first kappa shape index (κ1) is 13.2. The molecule has 2 aromatic carbocycles. The molecule has 20 heavy (non-hydrogen) atoms.